The molecule has 0 saturated heterocycles. The molecule has 2 unspecified atom stereocenters. The normalized spacial score (nSPS) is 13.1. The van der Waals surface area contributed by atoms with Crippen molar-refractivity contribution >= 4 is 34.0 Å². The van der Waals surface area contributed by atoms with Crippen LogP contribution < -0.4 is 5.32 Å². The molecule has 0 aliphatic carbocycles. The van der Waals surface area contributed by atoms with Crippen molar-refractivity contribution in [1.29, 1.82) is 0 Å². The summed E-state index contributed by atoms with van der Waals surface area (Å²) in [6.07, 6.45) is 1.69. The summed E-state index contributed by atoms with van der Waals surface area (Å²) in [6.45, 7) is 0. The van der Waals surface area contributed by atoms with E-state index in [0.717, 1.165) is 10.4 Å². The maximum Gasteiger partial charge on any atom is 0.307 e. The van der Waals surface area contributed by atoms with Crippen molar-refractivity contribution in [2.24, 2.45) is 0 Å². The summed E-state index contributed by atoms with van der Waals surface area (Å²) in [7, 11) is 0.350. The predicted octanol–water partition coefficient (Wildman–Crippen LogP) is 2.66. The van der Waals surface area contributed by atoms with Gasteiger partial charge in [0.15, 0.2) is 0 Å². The van der Waals surface area contributed by atoms with Crippen LogP contribution in [0.3, 0.4) is 0 Å². The minimum Gasteiger partial charge on any atom is -0.469 e. The quantitative estimate of drug-likeness (QED) is 0.766. The number of thiophene rings is 1. The number of carbonyl (C=O) groups excluding carboxylic acids is 2. The van der Waals surface area contributed by atoms with Crippen LogP contribution >= 0.6 is 11.3 Å². The SMILES string of the molecule is COC(=O)CC(NC(=O)c1cccc(CS(C)=O)c1)c1cccs1. The van der Waals surface area contributed by atoms with Gasteiger partial charge in [-0.1, -0.05) is 18.2 Å². The summed E-state index contributed by atoms with van der Waals surface area (Å²) in [5, 5.41) is 4.77. The van der Waals surface area contributed by atoms with Crippen LogP contribution in [0.2, 0.25) is 0 Å². The summed E-state index contributed by atoms with van der Waals surface area (Å²) in [4.78, 5) is 25.0. The fraction of sp³-hybridized carbons (Fsp3) is 0.294. The zero-order valence-corrected chi connectivity index (χ0v) is 15.1. The third-order valence-corrected chi connectivity index (χ3v) is 5.08. The molecule has 24 heavy (non-hydrogen) atoms. The first-order valence-corrected chi connectivity index (χ1v) is 9.90. The first-order chi connectivity index (χ1) is 11.5. The van der Waals surface area contributed by atoms with E-state index in [4.69, 9.17) is 4.74 Å². The number of methoxy groups -OCH3 is 1. The van der Waals surface area contributed by atoms with Gasteiger partial charge in [-0.05, 0) is 29.1 Å². The molecule has 0 spiro atoms. The standard InChI is InChI=1S/C17H19NO4S2/c1-22-16(19)10-14(15-7-4-8-23-15)18-17(20)13-6-3-5-12(9-13)11-24(2)21/h3-9,14H,10-11H2,1-2H3,(H,18,20). The van der Waals surface area contributed by atoms with Crippen LogP contribution in [0.15, 0.2) is 41.8 Å². The number of carbonyl (C=O) groups is 2. The van der Waals surface area contributed by atoms with Gasteiger partial charge in [0.2, 0.25) is 0 Å². The van der Waals surface area contributed by atoms with E-state index >= 15 is 0 Å². The molecule has 0 aliphatic rings. The topological polar surface area (TPSA) is 72.5 Å². The van der Waals surface area contributed by atoms with Gasteiger partial charge < -0.3 is 10.1 Å². The lowest BCUT2D eigenvalue weighted by Gasteiger charge is -2.16. The molecule has 2 atom stereocenters. The van der Waals surface area contributed by atoms with E-state index in [2.05, 4.69) is 5.32 Å². The van der Waals surface area contributed by atoms with Gasteiger partial charge in [-0.25, -0.2) is 0 Å². The highest BCUT2D eigenvalue weighted by molar-refractivity contribution is 7.83. The second kappa shape index (κ2) is 8.75. The van der Waals surface area contributed by atoms with E-state index in [-0.39, 0.29) is 18.3 Å². The molecule has 1 amide bonds. The Kier molecular flexibility index (Phi) is 6.69. The van der Waals surface area contributed by atoms with Gasteiger partial charge in [-0.3, -0.25) is 13.8 Å². The molecule has 1 N–H and O–H groups in total. The van der Waals surface area contributed by atoms with Gasteiger partial charge in [0.05, 0.1) is 19.6 Å². The Labute approximate surface area is 147 Å². The largest absolute Gasteiger partial charge is 0.469 e. The summed E-state index contributed by atoms with van der Waals surface area (Å²) < 4.78 is 16.1. The highest BCUT2D eigenvalue weighted by atomic mass is 32.2. The number of hydrogen-bond acceptors (Lipinski definition) is 5. The number of ether oxygens (including phenoxy) is 1. The zero-order chi connectivity index (χ0) is 17.5. The van der Waals surface area contributed by atoms with Crippen molar-refractivity contribution in [3.63, 3.8) is 0 Å². The second-order valence-corrected chi connectivity index (χ2v) is 7.65. The number of hydrogen-bond donors (Lipinski definition) is 1. The van der Waals surface area contributed by atoms with Crippen LogP contribution in [-0.4, -0.2) is 29.5 Å². The average molecular weight is 365 g/mol. The summed E-state index contributed by atoms with van der Waals surface area (Å²) in [5.41, 5.74) is 1.31. The minimum absolute atomic E-state index is 0.0709. The Hall–Kier alpha value is -1.99. The lowest BCUT2D eigenvalue weighted by atomic mass is 10.1. The Bertz CT molecular complexity index is 728. The van der Waals surface area contributed by atoms with Gasteiger partial charge in [0.25, 0.3) is 5.91 Å². The Morgan fingerprint density at radius 1 is 1.29 bits per heavy atom. The summed E-state index contributed by atoms with van der Waals surface area (Å²) >= 11 is 1.47. The average Bonchev–Trinajstić information content (AvgIpc) is 3.08. The van der Waals surface area contributed by atoms with Crippen LogP contribution in [0.25, 0.3) is 0 Å². The molecule has 0 fully saturated rings. The van der Waals surface area contributed by atoms with Gasteiger partial charge in [0, 0.05) is 33.2 Å². The molecule has 0 bridgehead atoms. The van der Waals surface area contributed by atoms with Crippen LogP contribution in [-0.2, 0) is 26.1 Å². The maximum absolute atomic E-state index is 12.5. The fourth-order valence-electron chi connectivity index (χ4n) is 2.24. The molecule has 7 heteroatoms. The molecule has 1 aromatic heterocycles. The lowest BCUT2D eigenvalue weighted by Crippen LogP contribution is -2.30. The van der Waals surface area contributed by atoms with E-state index in [1.165, 1.54) is 18.4 Å². The smallest absolute Gasteiger partial charge is 0.307 e. The van der Waals surface area contributed by atoms with Crippen LogP contribution in [0.4, 0.5) is 0 Å². The van der Waals surface area contributed by atoms with E-state index in [9.17, 15) is 13.8 Å². The first kappa shape index (κ1) is 18.4. The number of amides is 1. The molecule has 2 rings (SSSR count). The Morgan fingerprint density at radius 2 is 2.08 bits per heavy atom. The highest BCUT2D eigenvalue weighted by Crippen LogP contribution is 2.23. The number of esters is 1. The molecular weight excluding hydrogens is 346 g/mol. The summed E-state index contributed by atoms with van der Waals surface area (Å²) in [5.74, 6) is -0.262. The van der Waals surface area contributed by atoms with Crippen molar-refractivity contribution < 1.29 is 18.5 Å². The van der Waals surface area contributed by atoms with Crippen LogP contribution in [0, 0.1) is 0 Å². The maximum atomic E-state index is 12.5. The van der Waals surface area contributed by atoms with E-state index in [1.54, 1.807) is 24.5 Å². The molecule has 5 nitrogen and oxygen atoms in total. The summed E-state index contributed by atoms with van der Waals surface area (Å²) in [6, 6.07) is 10.3. The lowest BCUT2D eigenvalue weighted by molar-refractivity contribution is -0.141. The molecule has 0 saturated carbocycles. The number of nitrogens with one attached hydrogen (secondary N) is 1. The zero-order valence-electron chi connectivity index (χ0n) is 13.5. The number of benzene rings is 1. The molecule has 1 aromatic carbocycles. The van der Waals surface area contributed by atoms with Crippen molar-refractivity contribution in [2.45, 2.75) is 18.2 Å². The van der Waals surface area contributed by atoms with Crippen LogP contribution in [0.5, 0.6) is 0 Å². The minimum atomic E-state index is -0.973. The fourth-order valence-corrected chi connectivity index (χ4v) is 3.67. The predicted molar refractivity (Wildman–Crippen MR) is 95.4 cm³/mol. The van der Waals surface area contributed by atoms with Crippen molar-refractivity contribution in [3.8, 4) is 0 Å². The monoisotopic (exact) mass is 365 g/mol. The van der Waals surface area contributed by atoms with Crippen LogP contribution in [0.1, 0.15) is 33.3 Å². The molecule has 0 aliphatic heterocycles. The van der Waals surface area contributed by atoms with Gasteiger partial charge in [0.1, 0.15) is 0 Å². The molecule has 2 aromatic rings. The van der Waals surface area contributed by atoms with Gasteiger partial charge >= 0.3 is 5.97 Å². The molecular formula is C17H19NO4S2. The second-order valence-electron chi connectivity index (χ2n) is 5.24. The molecule has 1 heterocycles. The molecule has 0 radical (unpaired) electrons. The Morgan fingerprint density at radius 3 is 2.71 bits per heavy atom. The van der Waals surface area contributed by atoms with Crippen molar-refractivity contribution in [3.05, 3.63) is 57.8 Å². The Balaban J connectivity index is 2.15. The van der Waals surface area contributed by atoms with Gasteiger partial charge in [-0.15, -0.1) is 11.3 Å². The number of rotatable bonds is 7. The van der Waals surface area contributed by atoms with Gasteiger partial charge in [-0.2, -0.15) is 0 Å². The first-order valence-electron chi connectivity index (χ1n) is 7.29. The highest BCUT2D eigenvalue weighted by Gasteiger charge is 2.20. The molecule has 128 valence electrons. The third kappa shape index (κ3) is 5.28. The third-order valence-electron chi connectivity index (χ3n) is 3.35. The van der Waals surface area contributed by atoms with Crippen molar-refractivity contribution in [2.75, 3.05) is 13.4 Å². The van der Waals surface area contributed by atoms with E-state index in [0.29, 0.717) is 11.3 Å². The van der Waals surface area contributed by atoms with E-state index in [1.807, 2.05) is 23.6 Å². The van der Waals surface area contributed by atoms with Crippen molar-refractivity contribution in [1.82, 2.24) is 5.32 Å². The van der Waals surface area contributed by atoms with E-state index < -0.39 is 16.8 Å².